The minimum Gasteiger partial charge on any atom is -0.493 e. The van der Waals surface area contributed by atoms with Crippen molar-refractivity contribution >= 4 is 11.8 Å². The first kappa shape index (κ1) is 36.8. The van der Waals surface area contributed by atoms with Crippen LogP contribution in [0, 0.1) is 17.8 Å². The smallest absolute Gasteiger partial charge is 0.426 e. The average molecular weight is 618 g/mol. The van der Waals surface area contributed by atoms with Crippen molar-refractivity contribution in [2.45, 2.75) is 89.1 Å². The maximum atomic E-state index is 14.2. The summed E-state index contributed by atoms with van der Waals surface area (Å²) in [6.07, 6.45) is -1.88. The molecule has 1 aliphatic rings. The number of carbonyl (C=O) groups excluding carboxylic acids is 2. The number of carbonyl (C=O) groups is 2. The van der Waals surface area contributed by atoms with E-state index in [0.29, 0.717) is 37.4 Å². The maximum Gasteiger partial charge on any atom is 0.426 e. The molecule has 9 nitrogen and oxygen atoms in total. The van der Waals surface area contributed by atoms with E-state index in [9.17, 15) is 27.9 Å². The highest BCUT2D eigenvalue weighted by atomic mass is 19.4. The molecule has 5 N–H and O–H groups in total. The van der Waals surface area contributed by atoms with Crippen molar-refractivity contribution in [1.29, 1.82) is 0 Å². The molecule has 2 amide bonds. The Bertz CT molecular complexity index is 990. The van der Waals surface area contributed by atoms with Gasteiger partial charge in [0.25, 0.3) is 11.8 Å². The molecule has 0 radical (unpaired) electrons. The van der Waals surface area contributed by atoms with Crippen LogP contribution in [0.4, 0.5) is 13.2 Å². The summed E-state index contributed by atoms with van der Waals surface area (Å²) in [5.74, 6) is -2.24. The van der Waals surface area contributed by atoms with Gasteiger partial charge in [-0.25, -0.2) is 0 Å². The zero-order valence-electron chi connectivity index (χ0n) is 25.9. The van der Waals surface area contributed by atoms with Gasteiger partial charge in [0.15, 0.2) is 0 Å². The molecule has 4 unspecified atom stereocenters. The van der Waals surface area contributed by atoms with Gasteiger partial charge < -0.3 is 35.7 Å². The Morgan fingerprint density at radius 1 is 1.02 bits per heavy atom. The zero-order valence-corrected chi connectivity index (χ0v) is 25.9. The Morgan fingerprint density at radius 2 is 1.67 bits per heavy atom. The summed E-state index contributed by atoms with van der Waals surface area (Å²) in [6.45, 7) is 4.78. The molecule has 1 fully saturated rings. The number of methoxy groups -OCH3 is 2. The van der Waals surface area contributed by atoms with Gasteiger partial charge in [0.2, 0.25) is 5.60 Å². The summed E-state index contributed by atoms with van der Waals surface area (Å²) in [5.41, 5.74) is 3.66. The fourth-order valence-corrected chi connectivity index (χ4v) is 5.64. The first-order valence-electron chi connectivity index (χ1n) is 15.2. The topological polar surface area (TPSA) is 132 Å². The second-order valence-electron chi connectivity index (χ2n) is 11.7. The van der Waals surface area contributed by atoms with E-state index in [4.69, 9.17) is 19.9 Å². The fraction of sp³-hybridized carbons (Fsp3) is 0.742. The first-order valence-corrected chi connectivity index (χ1v) is 15.2. The first-order chi connectivity index (χ1) is 20.4. The minimum absolute atomic E-state index is 0.0677. The van der Waals surface area contributed by atoms with Crippen LogP contribution in [-0.2, 0) is 14.3 Å². The largest absolute Gasteiger partial charge is 0.493 e. The van der Waals surface area contributed by atoms with Gasteiger partial charge in [0.1, 0.15) is 5.75 Å². The number of aliphatic hydroxyl groups excluding tert-OH is 1. The molecule has 0 spiro atoms. The summed E-state index contributed by atoms with van der Waals surface area (Å²) in [4.78, 5) is 26.0. The van der Waals surface area contributed by atoms with Crippen molar-refractivity contribution in [3.05, 3.63) is 29.8 Å². The number of halogens is 3. The number of rotatable bonds is 18. The number of nitrogens with two attached hydrogens (primary N) is 1. The van der Waals surface area contributed by atoms with E-state index < -0.39 is 42.3 Å². The summed E-state index contributed by atoms with van der Waals surface area (Å²) in [5, 5.41) is 15.9. The molecule has 1 aromatic rings. The van der Waals surface area contributed by atoms with Gasteiger partial charge >= 0.3 is 6.18 Å². The molecule has 2 rings (SSSR count). The summed E-state index contributed by atoms with van der Waals surface area (Å²) in [6, 6.07) is 6.09. The Labute approximate surface area is 253 Å². The molecular weight excluding hydrogens is 567 g/mol. The van der Waals surface area contributed by atoms with Gasteiger partial charge in [-0.1, -0.05) is 45.2 Å². The summed E-state index contributed by atoms with van der Waals surface area (Å²) in [7, 11) is 2.54. The molecule has 0 aliphatic heterocycles. The lowest BCUT2D eigenvalue weighted by Crippen LogP contribution is -2.64. The fourth-order valence-electron chi connectivity index (χ4n) is 5.64. The maximum absolute atomic E-state index is 14.2. The van der Waals surface area contributed by atoms with Crippen molar-refractivity contribution in [2.24, 2.45) is 23.5 Å². The van der Waals surface area contributed by atoms with Gasteiger partial charge in [-0.3, -0.25) is 9.59 Å². The third-order valence-electron chi connectivity index (χ3n) is 8.40. The van der Waals surface area contributed by atoms with Crippen LogP contribution in [-0.4, -0.2) is 81.4 Å². The number of hydrogen-bond acceptors (Lipinski definition) is 7. The number of amides is 2. The number of aliphatic hydroxyl groups is 1. The van der Waals surface area contributed by atoms with E-state index >= 15 is 0 Å². The molecule has 1 aromatic carbocycles. The van der Waals surface area contributed by atoms with Crippen molar-refractivity contribution in [3.8, 4) is 5.75 Å². The van der Waals surface area contributed by atoms with E-state index in [2.05, 4.69) is 10.6 Å². The van der Waals surface area contributed by atoms with Crippen LogP contribution >= 0.6 is 0 Å². The van der Waals surface area contributed by atoms with Crippen LogP contribution in [0.25, 0.3) is 0 Å². The zero-order chi connectivity index (χ0) is 32.0. The third kappa shape index (κ3) is 10.3. The van der Waals surface area contributed by atoms with E-state index in [1.54, 1.807) is 31.4 Å². The summed E-state index contributed by atoms with van der Waals surface area (Å²) >= 11 is 0. The van der Waals surface area contributed by atoms with Crippen molar-refractivity contribution < 1.29 is 42.1 Å². The van der Waals surface area contributed by atoms with Gasteiger partial charge in [-0.15, -0.1) is 0 Å². The monoisotopic (exact) mass is 617 g/mol. The lowest BCUT2D eigenvalue weighted by Gasteiger charge is -2.41. The van der Waals surface area contributed by atoms with Crippen molar-refractivity contribution in [3.63, 3.8) is 0 Å². The average Bonchev–Trinajstić information content (AvgIpc) is 2.98. The van der Waals surface area contributed by atoms with Crippen LogP contribution in [0.3, 0.4) is 0 Å². The normalized spacial score (nSPS) is 18.0. The Balaban J connectivity index is 1.96. The predicted octanol–water partition coefficient (Wildman–Crippen LogP) is 4.22. The Morgan fingerprint density at radius 3 is 2.28 bits per heavy atom. The molecule has 0 saturated heterocycles. The van der Waals surface area contributed by atoms with Gasteiger partial charge in [0.05, 0.1) is 18.3 Å². The Kier molecular flexibility index (Phi) is 15.2. The lowest BCUT2D eigenvalue weighted by molar-refractivity contribution is -0.279. The molecule has 1 saturated carbocycles. The molecular formula is C31H50F3N3O6. The number of para-hydroxylation sites is 1. The number of benzene rings is 1. The number of alkyl halides is 3. The molecule has 1 aliphatic carbocycles. The number of ether oxygens (including phenoxy) is 3. The van der Waals surface area contributed by atoms with Crippen molar-refractivity contribution in [1.82, 2.24) is 10.6 Å². The second kappa shape index (κ2) is 17.8. The van der Waals surface area contributed by atoms with Crippen LogP contribution in [0.2, 0.25) is 0 Å². The molecule has 12 heteroatoms. The second-order valence-corrected chi connectivity index (χ2v) is 11.7. The number of unbranched alkanes of at least 4 members (excludes halogenated alkanes) is 1. The van der Waals surface area contributed by atoms with E-state index in [-0.39, 0.29) is 43.6 Å². The van der Waals surface area contributed by atoms with Gasteiger partial charge in [0, 0.05) is 45.9 Å². The molecule has 43 heavy (non-hydrogen) atoms. The van der Waals surface area contributed by atoms with Gasteiger partial charge in [-0.2, -0.15) is 13.2 Å². The van der Waals surface area contributed by atoms with Crippen LogP contribution in [0.15, 0.2) is 24.3 Å². The molecule has 0 heterocycles. The predicted molar refractivity (Wildman–Crippen MR) is 158 cm³/mol. The molecule has 4 atom stereocenters. The van der Waals surface area contributed by atoms with E-state index in [1.807, 2.05) is 13.8 Å². The van der Waals surface area contributed by atoms with Crippen LogP contribution < -0.4 is 21.1 Å². The highest BCUT2D eigenvalue weighted by Gasteiger charge is 2.65. The summed E-state index contributed by atoms with van der Waals surface area (Å²) < 4.78 is 58.5. The standard InChI is InChI=1S/C31H50F3N3O6/c1-21(2)22(19-36-28(39)24-14-8-9-15-27(24)43-17-11-10-16-41-3)18-25(35)26(38)20-37-29(40)30(42-4,31(32,33)34)23-12-6-5-7-13-23/h8-9,14-15,21-23,25-26,38H,5-7,10-13,16-20,35H2,1-4H3,(H,36,39)(H,37,40). The van der Waals surface area contributed by atoms with Gasteiger partial charge in [-0.05, 0) is 56.1 Å². The van der Waals surface area contributed by atoms with Crippen molar-refractivity contribution in [2.75, 3.05) is 40.5 Å². The highest BCUT2D eigenvalue weighted by molar-refractivity contribution is 5.96. The third-order valence-corrected chi connectivity index (χ3v) is 8.40. The van der Waals surface area contributed by atoms with E-state index in [0.717, 1.165) is 26.4 Å². The number of hydrogen-bond donors (Lipinski definition) is 4. The van der Waals surface area contributed by atoms with Crippen LogP contribution in [0.1, 0.15) is 75.6 Å². The highest BCUT2D eigenvalue weighted by Crippen LogP contribution is 2.45. The Hall–Kier alpha value is -2.41. The molecule has 0 bridgehead atoms. The quantitative estimate of drug-likeness (QED) is 0.182. The van der Waals surface area contributed by atoms with Crippen LogP contribution in [0.5, 0.6) is 5.75 Å². The van der Waals surface area contributed by atoms with E-state index in [1.165, 1.54) is 0 Å². The lowest BCUT2D eigenvalue weighted by atomic mass is 9.75. The number of nitrogens with one attached hydrogen (secondary N) is 2. The minimum atomic E-state index is -4.92. The molecule has 0 aromatic heterocycles. The molecule has 246 valence electrons. The SMILES string of the molecule is COCCCCOc1ccccc1C(=O)NCC(CC(N)C(O)CNC(=O)C(OC)(C1CCCCC1)C(F)(F)F)C(C)C.